The van der Waals surface area contributed by atoms with Gasteiger partial charge in [0.15, 0.2) is 0 Å². The Labute approximate surface area is 109 Å². The minimum absolute atomic E-state index is 0.164. The molecule has 104 valence electrons. The van der Waals surface area contributed by atoms with Crippen LogP contribution in [0, 0.1) is 5.92 Å². The van der Waals surface area contributed by atoms with Crippen molar-refractivity contribution in [1.82, 2.24) is 4.90 Å². The van der Waals surface area contributed by atoms with E-state index < -0.39 is 0 Å². The van der Waals surface area contributed by atoms with Gasteiger partial charge in [0.2, 0.25) is 0 Å². The van der Waals surface area contributed by atoms with Gasteiger partial charge in [-0.3, -0.25) is 4.79 Å². The lowest BCUT2D eigenvalue weighted by Gasteiger charge is -2.33. The maximum atomic E-state index is 12.3. The highest BCUT2D eigenvalue weighted by molar-refractivity contribution is 5.81. The third kappa shape index (κ3) is 3.22. The molecule has 0 aliphatic carbocycles. The zero-order valence-electron chi connectivity index (χ0n) is 11.1. The zero-order valence-corrected chi connectivity index (χ0v) is 11.1. The predicted molar refractivity (Wildman–Crippen MR) is 68.1 cm³/mol. The van der Waals surface area contributed by atoms with Crippen molar-refractivity contribution < 1.29 is 14.3 Å². The first-order valence-corrected chi connectivity index (χ1v) is 6.94. The highest BCUT2D eigenvalue weighted by atomic mass is 16.5. The van der Waals surface area contributed by atoms with E-state index in [1.807, 2.05) is 4.90 Å². The van der Waals surface area contributed by atoms with Crippen LogP contribution in [0.15, 0.2) is 0 Å². The van der Waals surface area contributed by atoms with E-state index >= 15 is 0 Å². The molecule has 2 saturated heterocycles. The van der Waals surface area contributed by atoms with Crippen LogP contribution < -0.4 is 5.73 Å². The van der Waals surface area contributed by atoms with E-state index in [0.29, 0.717) is 25.7 Å². The number of likely N-dealkylation sites (tertiary alicyclic amines) is 1. The predicted octanol–water partition coefficient (Wildman–Crippen LogP) is 0.378. The lowest BCUT2D eigenvalue weighted by Crippen LogP contribution is -2.46. The van der Waals surface area contributed by atoms with E-state index in [2.05, 4.69) is 6.92 Å². The molecule has 2 atom stereocenters. The molecular formula is C13H24N2O3. The number of piperidine rings is 1. The van der Waals surface area contributed by atoms with Crippen LogP contribution in [-0.2, 0) is 14.3 Å². The van der Waals surface area contributed by atoms with Crippen LogP contribution in [0.25, 0.3) is 0 Å². The summed E-state index contributed by atoms with van der Waals surface area (Å²) in [5, 5.41) is 0. The maximum absolute atomic E-state index is 12.3. The largest absolute Gasteiger partial charge is 0.377 e. The van der Waals surface area contributed by atoms with Crippen molar-refractivity contribution in [3.63, 3.8) is 0 Å². The molecule has 2 unspecified atom stereocenters. The van der Waals surface area contributed by atoms with Crippen LogP contribution in [0.3, 0.4) is 0 Å². The van der Waals surface area contributed by atoms with Gasteiger partial charge in [0.25, 0.3) is 5.91 Å². The molecule has 5 heteroatoms. The molecule has 0 aromatic carbocycles. The Kier molecular flexibility index (Phi) is 4.97. The van der Waals surface area contributed by atoms with E-state index in [1.165, 1.54) is 0 Å². The molecular weight excluding hydrogens is 232 g/mol. The second kappa shape index (κ2) is 6.50. The molecule has 2 N–H and O–H groups in total. The van der Waals surface area contributed by atoms with Gasteiger partial charge in [-0.25, -0.2) is 0 Å². The summed E-state index contributed by atoms with van der Waals surface area (Å²) in [6.45, 7) is 5.54. The summed E-state index contributed by atoms with van der Waals surface area (Å²) in [6.07, 6.45) is 2.86. The highest BCUT2D eigenvalue weighted by Crippen LogP contribution is 2.24. The summed E-state index contributed by atoms with van der Waals surface area (Å²) in [5.41, 5.74) is 5.41. The van der Waals surface area contributed by atoms with Crippen molar-refractivity contribution in [2.75, 3.05) is 32.8 Å². The van der Waals surface area contributed by atoms with Crippen molar-refractivity contribution >= 4 is 5.91 Å². The van der Waals surface area contributed by atoms with Gasteiger partial charge >= 0.3 is 0 Å². The topological polar surface area (TPSA) is 64.8 Å². The molecule has 0 spiro atoms. The third-order valence-corrected chi connectivity index (χ3v) is 3.86. The quantitative estimate of drug-likeness (QED) is 0.789. The van der Waals surface area contributed by atoms with Crippen LogP contribution in [0.4, 0.5) is 0 Å². The van der Waals surface area contributed by atoms with E-state index in [4.69, 9.17) is 15.2 Å². The maximum Gasteiger partial charge on any atom is 0.251 e. The zero-order chi connectivity index (χ0) is 13.0. The van der Waals surface area contributed by atoms with Crippen molar-refractivity contribution in [3.05, 3.63) is 0 Å². The van der Waals surface area contributed by atoms with Gasteiger partial charge < -0.3 is 20.1 Å². The number of hydrogen-bond donors (Lipinski definition) is 1. The van der Waals surface area contributed by atoms with E-state index in [9.17, 15) is 4.79 Å². The second-order valence-corrected chi connectivity index (χ2v) is 5.24. The molecule has 2 aliphatic heterocycles. The van der Waals surface area contributed by atoms with Crippen LogP contribution >= 0.6 is 0 Å². The monoisotopic (exact) mass is 256 g/mol. The Hall–Kier alpha value is -0.650. The first kappa shape index (κ1) is 13.8. The van der Waals surface area contributed by atoms with Gasteiger partial charge in [0.1, 0.15) is 6.10 Å². The number of nitrogens with zero attached hydrogens (tertiary/aromatic N) is 1. The SMILES string of the molecule is CC1CCOC1C(=O)N1CCC(OCCN)CC1. The van der Waals surface area contributed by atoms with Crippen LogP contribution in [0.5, 0.6) is 0 Å². The average molecular weight is 256 g/mol. The molecule has 18 heavy (non-hydrogen) atoms. The number of amides is 1. The van der Waals surface area contributed by atoms with Crippen LogP contribution in [-0.4, -0.2) is 55.9 Å². The minimum Gasteiger partial charge on any atom is -0.377 e. The average Bonchev–Trinajstić information content (AvgIpc) is 2.82. The summed E-state index contributed by atoms with van der Waals surface area (Å²) in [4.78, 5) is 14.2. The molecule has 5 nitrogen and oxygen atoms in total. The van der Waals surface area contributed by atoms with Crippen molar-refractivity contribution in [3.8, 4) is 0 Å². The fraction of sp³-hybridized carbons (Fsp3) is 0.923. The lowest BCUT2D eigenvalue weighted by molar-refractivity contribution is -0.145. The molecule has 1 amide bonds. The Morgan fingerprint density at radius 3 is 2.67 bits per heavy atom. The first-order valence-electron chi connectivity index (χ1n) is 6.94. The normalized spacial score (nSPS) is 29.8. The molecule has 2 fully saturated rings. The van der Waals surface area contributed by atoms with Gasteiger partial charge in [0, 0.05) is 26.2 Å². The summed E-state index contributed by atoms with van der Waals surface area (Å²) < 4.78 is 11.1. The fourth-order valence-electron chi connectivity index (χ4n) is 2.67. The van der Waals surface area contributed by atoms with Crippen molar-refractivity contribution in [1.29, 1.82) is 0 Å². The standard InChI is InChI=1S/C13H24N2O3/c1-10-4-8-18-12(10)13(16)15-6-2-11(3-7-15)17-9-5-14/h10-12H,2-9,14H2,1H3. The summed E-state index contributed by atoms with van der Waals surface area (Å²) >= 11 is 0. The summed E-state index contributed by atoms with van der Waals surface area (Å²) in [7, 11) is 0. The number of rotatable bonds is 4. The molecule has 0 radical (unpaired) electrons. The van der Waals surface area contributed by atoms with E-state index in [-0.39, 0.29) is 18.1 Å². The highest BCUT2D eigenvalue weighted by Gasteiger charge is 2.35. The molecule has 0 aromatic rings. The van der Waals surface area contributed by atoms with E-state index in [0.717, 1.165) is 32.4 Å². The van der Waals surface area contributed by atoms with Gasteiger partial charge in [-0.1, -0.05) is 6.92 Å². The lowest BCUT2D eigenvalue weighted by atomic mass is 10.0. The molecule has 0 saturated carbocycles. The van der Waals surface area contributed by atoms with Crippen molar-refractivity contribution in [2.45, 2.75) is 38.4 Å². The Bertz CT molecular complexity index is 277. The molecule has 2 rings (SSSR count). The summed E-state index contributed by atoms with van der Waals surface area (Å²) in [6, 6.07) is 0. The number of nitrogens with two attached hydrogens (primary N) is 1. The first-order chi connectivity index (χ1) is 8.72. The molecule has 2 aliphatic rings. The van der Waals surface area contributed by atoms with Gasteiger partial charge in [-0.2, -0.15) is 0 Å². The second-order valence-electron chi connectivity index (χ2n) is 5.24. The number of carbonyl (C=O) groups excluding carboxylic acids is 1. The number of carbonyl (C=O) groups is 1. The fourth-order valence-corrected chi connectivity index (χ4v) is 2.67. The minimum atomic E-state index is -0.216. The Morgan fingerprint density at radius 2 is 2.11 bits per heavy atom. The molecule has 2 heterocycles. The van der Waals surface area contributed by atoms with Gasteiger partial charge in [0.05, 0.1) is 12.7 Å². The smallest absolute Gasteiger partial charge is 0.251 e. The van der Waals surface area contributed by atoms with Crippen molar-refractivity contribution in [2.24, 2.45) is 11.7 Å². The Balaban J connectivity index is 1.77. The third-order valence-electron chi connectivity index (χ3n) is 3.86. The van der Waals surface area contributed by atoms with Crippen LogP contribution in [0.2, 0.25) is 0 Å². The van der Waals surface area contributed by atoms with Crippen LogP contribution in [0.1, 0.15) is 26.2 Å². The number of hydrogen-bond acceptors (Lipinski definition) is 4. The van der Waals surface area contributed by atoms with E-state index in [1.54, 1.807) is 0 Å². The summed E-state index contributed by atoms with van der Waals surface area (Å²) in [5.74, 6) is 0.515. The van der Waals surface area contributed by atoms with Gasteiger partial charge in [-0.15, -0.1) is 0 Å². The molecule has 0 aromatic heterocycles. The Morgan fingerprint density at radius 1 is 1.39 bits per heavy atom. The molecule has 0 bridgehead atoms. The van der Waals surface area contributed by atoms with Gasteiger partial charge in [-0.05, 0) is 25.2 Å². The number of ether oxygens (including phenoxy) is 2.